The highest BCUT2D eigenvalue weighted by atomic mass is 32.2. The van der Waals surface area contributed by atoms with Crippen LogP contribution in [0.3, 0.4) is 0 Å². The maximum absolute atomic E-state index is 12.7. The molecule has 0 bridgehead atoms. The van der Waals surface area contributed by atoms with Crippen molar-refractivity contribution in [1.29, 1.82) is 0 Å². The summed E-state index contributed by atoms with van der Waals surface area (Å²) in [6, 6.07) is 13.2. The van der Waals surface area contributed by atoms with Crippen LogP contribution in [0.25, 0.3) is 5.69 Å². The summed E-state index contributed by atoms with van der Waals surface area (Å²) in [5.41, 5.74) is 1.20. The molecule has 3 aromatic rings. The number of sulfonamides is 1. The molecule has 31 heavy (non-hydrogen) atoms. The fraction of sp³-hybridized carbons (Fsp3) is 0.300. The predicted octanol–water partition coefficient (Wildman–Crippen LogP) is 1.85. The Bertz CT molecular complexity index is 1130. The van der Waals surface area contributed by atoms with Crippen molar-refractivity contribution in [2.24, 2.45) is 0 Å². The molecule has 0 spiro atoms. The van der Waals surface area contributed by atoms with Crippen LogP contribution >= 0.6 is 0 Å². The van der Waals surface area contributed by atoms with Crippen LogP contribution in [-0.4, -0.2) is 58.5 Å². The molecule has 1 saturated heterocycles. The van der Waals surface area contributed by atoms with Gasteiger partial charge in [0.2, 0.25) is 10.0 Å². The van der Waals surface area contributed by atoms with Crippen LogP contribution in [0.2, 0.25) is 0 Å². The number of amides is 1. The molecule has 10 nitrogen and oxygen atoms in total. The van der Waals surface area contributed by atoms with E-state index < -0.39 is 10.0 Å². The van der Waals surface area contributed by atoms with Gasteiger partial charge in [-0.2, -0.15) is 4.31 Å². The molecule has 1 aliphatic rings. The van der Waals surface area contributed by atoms with Gasteiger partial charge in [-0.15, -0.1) is 5.10 Å². The molecule has 0 unspecified atom stereocenters. The number of nitrogens with one attached hydrogen (secondary N) is 1. The van der Waals surface area contributed by atoms with E-state index in [-0.39, 0.29) is 17.4 Å². The second kappa shape index (κ2) is 9.23. The summed E-state index contributed by atoms with van der Waals surface area (Å²) in [5, 5.41) is 13.7. The lowest BCUT2D eigenvalue weighted by Gasteiger charge is -2.25. The fourth-order valence-electron chi connectivity index (χ4n) is 3.31. The number of benzene rings is 2. The molecule has 0 atom stereocenters. The van der Waals surface area contributed by atoms with Crippen LogP contribution in [0.4, 0.5) is 5.69 Å². The lowest BCUT2D eigenvalue weighted by molar-refractivity contribution is -0.118. The molecule has 2 aromatic carbocycles. The summed E-state index contributed by atoms with van der Waals surface area (Å²) < 4.78 is 33.9. The van der Waals surface area contributed by atoms with Crippen molar-refractivity contribution in [1.82, 2.24) is 24.5 Å². The van der Waals surface area contributed by atoms with Gasteiger partial charge in [-0.3, -0.25) is 4.79 Å². The first-order valence-corrected chi connectivity index (χ1v) is 11.3. The van der Waals surface area contributed by atoms with Gasteiger partial charge in [-0.25, -0.2) is 13.1 Å². The van der Waals surface area contributed by atoms with E-state index in [0.29, 0.717) is 30.2 Å². The topological polar surface area (TPSA) is 119 Å². The van der Waals surface area contributed by atoms with Crippen molar-refractivity contribution in [3.05, 3.63) is 54.9 Å². The quantitative estimate of drug-likeness (QED) is 0.593. The third-order valence-corrected chi connectivity index (χ3v) is 6.80. The molecular weight excluding hydrogens is 420 g/mol. The smallest absolute Gasteiger partial charge is 0.262 e. The van der Waals surface area contributed by atoms with Gasteiger partial charge in [-0.1, -0.05) is 12.5 Å². The molecule has 0 saturated carbocycles. The largest absolute Gasteiger partial charge is 0.484 e. The lowest BCUT2D eigenvalue weighted by atomic mass is 10.2. The number of hydrogen-bond acceptors (Lipinski definition) is 7. The van der Waals surface area contributed by atoms with E-state index in [4.69, 9.17) is 4.74 Å². The normalized spacial score (nSPS) is 14.8. The van der Waals surface area contributed by atoms with E-state index in [2.05, 4.69) is 20.8 Å². The molecule has 1 aromatic heterocycles. The van der Waals surface area contributed by atoms with Gasteiger partial charge in [0, 0.05) is 24.8 Å². The third kappa shape index (κ3) is 5.06. The number of rotatable bonds is 7. The summed E-state index contributed by atoms with van der Waals surface area (Å²) >= 11 is 0. The van der Waals surface area contributed by atoms with Gasteiger partial charge in [0.05, 0.1) is 10.6 Å². The molecule has 11 heteroatoms. The zero-order valence-electron chi connectivity index (χ0n) is 16.7. The molecule has 162 valence electrons. The van der Waals surface area contributed by atoms with Crippen molar-refractivity contribution in [2.75, 3.05) is 25.0 Å². The Morgan fingerprint density at radius 1 is 1.06 bits per heavy atom. The van der Waals surface area contributed by atoms with Gasteiger partial charge < -0.3 is 10.1 Å². The average molecular weight is 443 g/mol. The first-order valence-electron chi connectivity index (χ1n) is 9.89. The van der Waals surface area contributed by atoms with Crippen LogP contribution in [0, 0.1) is 0 Å². The van der Waals surface area contributed by atoms with Crippen molar-refractivity contribution in [2.45, 2.75) is 24.2 Å². The van der Waals surface area contributed by atoms with E-state index in [1.807, 2.05) is 6.07 Å². The minimum Gasteiger partial charge on any atom is -0.484 e. The molecule has 0 radical (unpaired) electrons. The number of hydrogen-bond donors (Lipinski definition) is 1. The van der Waals surface area contributed by atoms with E-state index in [9.17, 15) is 13.2 Å². The lowest BCUT2D eigenvalue weighted by Crippen LogP contribution is -2.35. The van der Waals surface area contributed by atoms with Crippen LogP contribution in [0.5, 0.6) is 5.75 Å². The summed E-state index contributed by atoms with van der Waals surface area (Å²) in [6.45, 7) is 0.895. The average Bonchev–Trinajstić information content (AvgIpc) is 3.34. The number of carbonyl (C=O) groups is 1. The van der Waals surface area contributed by atoms with Crippen LogP contribution in [0.15, 0.2) is 59.8 Å². The minimum atomic E-state index is -3.50. The van der Waals surface area contributed by atoms with E-state index in [1.54, 1.807) is 30.3 Å². The first-order chi connectivity index (χ1) is 15.0. The Hall–Kier alpha value is -3.31. The summed E-state index contributed by atoms with van der Waals surface area (Å²) in [6.07, 6.45) is 4.28. The van der Waals surface area contributed by atoms with Gasteiger partial charge in [0.1, 0.15) is 12.1 Å². The number of ether oxygens (including phenoxy) is 1. The fourth-order valence-corrected chi connectivity index (χ4v) is 4.82. The number of nitrogens with zero attached hydrogens (tertiary/aromatic N) is 5. The number of tetrazole rings is 1. The van der Waals surface area contributed by atoms with E-state index in [0.717, 1.165) is 19.3 Å². The van der Waals surface area contributed by atoms with Gasteiger partial charge in [-0.05, 0) is 59.7 Å². The highest BCUT2D eigenvalue weighted by Crippen LogP contribution is 2.22. The van der Waals surface area contributed by atoms with Gasteiger partial charge in [0.15, 0.2) is 6.61 Å². The molecule has 1 fully saturated rings. The van der Waals surface area contributed by atoms with Crippen LogP contribution in [-0.2, 0) is 14.8 Å². The maximum atomic E-state index is 12.7. The predicted molar refractivity (Wildman–Crippen MR) is 112 cm³/mol. The zero-order chi connectivity index (χ0) is 21.7. The molecule has 0 aliphatic carbocycles. The SMILES string of the molecule is O=C(COc1cccc(-n2cnnn2)c1)Nc1ccc(S(=O)(=O)N2CCCCC2)cc1. The van der Waals surface area contributed by atoms with Gasteiger partial charge in [0.25, 0.3) is 5.91 Å². The zero-order valence-corrected chi connectivity index (χ0v) is 17.5. The summed E-state index contributed by atoms with van der Waals surface area (Å²) in [7, 11) is -3.50. The van der Waals surface area contributed by atoms with Crippen molar-refractivity contribution in [3.8, 4) is 11.4 Å². The third-order valence-electron chi connectivity index (χ3n) is 4.89. The van der Waals surface area contributed by atoms with E-state index >= 15 is 0 Å². The summed E-state index contributed by atoms with van der Waals surface area (Å²) in [5.74, 6) is 0.130. The van der Waals surface area contributed by atoms with Crippen molar-refractivity contribution in [3.63, 3.8) is 0 Å². The maximum Gasteiger partial charge on any atom is 0.262 e. The van der Waals surface area contributed by atoms with Crippen molar-refractivity contribution < 1.29 is 17.9 Å². The molecule has 1 amide bonds. The molecular formula is C20H22N6O4S. The standard InChI is InChI=1S/C20H22N6O4S/c27-20(14-30-18-6-4-5-17(13-18)26-15-21-23-24-26)22-16-7-9-19(10-8-16)31(28,29)25-11-2-1-3-12-25/h4-10,13,15H,1-3,11-12,14H2,(H,22,27). The minimum absolute atomic E-state index is 0.201. The monoisotopic (exact) mass is 442 g/mol. The second-order valence-electron chi connectivity index (χ2n) is 7.08. The number of aromatic nitrogens is 4. The van der Waals surface area contributed by atoms with Crippen LogP contribution < -0.4 is 10.1 Å². The molecule has 1 N–H and O–H groups in total. The Morgan fingerprint density at radius 2 is 1.84 bits per heavy atom. The Labute approximate surface area is 179 Å². The Kier molecular flexibility index (Phi) is 6.23. The first kappa shape index (κ1) is 20.9. The van der Waals surface area contributed by atoms with Crippen LogP contribution in [0.1, 0.15) is 19.3 Å². The highest BCUT2D eigenvalue weighted by Gasteiger charge is 2.25. The van der Waals surface area contributed by atoms with E-state index in [1.165, 1.54) is 27.4 Å². The molecule has 2 heterocycles. The number of carbonyl (C=O) groups excluding carboxylic acids is 1. The number of piperidine rings is 1. The Balaban J connectivity index is 1.33. The van der Waals surface area contributed by atoms with Crippen molar-refractivity contribution >= 4 is 21.6 Å². The number of anilines is 1. The molecule has 1 aliphatic heterocycles. The second-order valence-corrected chi connectivity index (χ2v) is 9.02. The Morgan fingerprint density at radius 3 is 2.55 bits per heavy atom. The van der Waals surface area contributed by atoms with Gasteiger partial charge >= 0.3 is 0 Å². The highest BCUT2D eigenvalue weighted by molar-refractivity contribution is 7.89. The molecule has 4 rings (SSSR count). The summed E-state index contributed by atoms with van der Waals surface area (Å²) in [4.78, 5) is 12.5.